The number of fused-ring (bicyclic) bond motifs is 1. The summed E-state index contributed by atoms with van der Waals surface area (Å²) in [5.41, 5.74) is 3.49. The highest BCUT2D eigenvalue weighted by Crippen LogP contribution is 2.31. The average molecular weight is 299 g/mol. The van der Waals surface area contributed by atoms with Gasteiger partial charge < -0.3 is 4.90 Å². The van der Waals surface area contributed by atoms with Gasteiger partial charge in [-0.15, -0.1) is 11.3 Å². The van der Waals surface area contributed by atoms with Crippen LogP contribution in [-0.2, 0) is 6.42 Å². The standard InChI is InChI=1S/C18H21NOS/c1-12-8-9-15-6-4-5-7-17(15)19(12)11-18(20)16-10-13(2)21-14(16)3/h4-7,10,12H,8-9,11H2,1-3H3. The van der Waals surface area contributed by atoms with Gasteiger partial charge in [-0.25, -0.2) is 0 Å². The van der Waals surface area contributed by atoms with E-state index in [4.69, 9.17) is 0 Å². The second kappa shape index (κ2) is 5.64. The molecule has 2 heterocycles. The third-order valence-electron chi connectivity index (χ3n) is 4.32. The fourth-order valence-electron chi connectivity index (χ4n) is 3.15. The monoisotopic (exact) mass is 299 g/mol. The molecule has 1 unspecified atom stereocenters. The van der Waals surface area contributed by atoms with Crippen molar-refractivity contribution >= 4 is 22.8 Å². The first-order valence-corrected chi connectivity index (χ1v) is 8.32. The number of Topliss-reactive ketones (excluding diaryl/α,β-unsaturated/α-hetero) is 1. The van der Waals surface area contributed by atoms with E-state index < -0.39 is 0 Å². The maximum Gasteiger partial charge on any atom is 0.183 e. The van der Waals surface area contributed by atoms with E-state index in [1.165, 1.54) is 16.1 Å². The van der Waals surface area contributed by atoms with Crippen LogP contribution in [0.1, 0.15) is 39.0 Å². The highest BCUT2D eigenvalue weighted by Gasteiger charge is 2.25. The lowest BCUT2D eigenvalue weighted by molar-refractivity contribution is 0.0996. The van der Waals surface area contributed by atoms with Gasteiger partial charge in [0.2, 0.25) is 0 Å². The fourth-order valence-corrected chi connectivity index (χ4v) is 4.09. The molecule has 3 heteroatoms. The molecule has 0 bridgehead atoms. The van der Waals surface area contributed by atoms with Gasteiger partial charge in [-0.1, -0.05) is 18.2 Å². The molecule has 0 radical (unpaired) electrons. The lowest BCUT2D eigenvalue weighted by atomic mass is 9.96. The van der Waals surface area contributed by atoms with E-state index in [1.54, 1.807) is 11.3 Å². The second-order valence-corrected chi connectivity index (χ2v) is 7.35. The Morgan fingerprint density at radius 2 is 2.10 bits per heavy atom. The molecular formula is C18H21NOS. The van der Waals surface area contributed by atoms with Crippen molar-refractivity contribution < 1.29 is 4.79 Å². The number of carbonyl (C=O) groups excluding carboxylic acids is 1. The second-order valence-electron chi connectivity index (χ2n) is 5.89. The highest BCUT2D eigenvalue weighted by atomic mass is 32.1. The zero-order valence-electron chi connectivity index (χ0n) is 12.8. The lowest BCUT2D eigenvalue weighted by Crippen LogP contribution is -2.40. The van der Waals surface area contributed by atoms with Crippen molar-refractivity contribution in [1.29, 1.82) is 0 Å². The largest absolute Gasteiger partial charge is 0.361 e. The third kappa shape index (κ3) is 2.75. The molecular weight excluding hydrogens is 278 g/mol. The van der Waals surface area contributed by atoms with E-state index in [2.05, 4.69) is 43.0 Å². The number of rotatable bonds is 3. The smallest absolute Gasteiger partial charge is 0.183 e. The van der Waals surface area contributed by atoms with Crippen LogP contribution in [0.3, 0.4) is 0 Å². The molecule has 0 amide bonds. The minimum absolute atomic E-state index is 0.236. The molecule has 2 aromatic rings. The molecule has 0 spiro atoms. The van der Waals surface area contributed by atoms with Crippen LogP contribution in [0.15, 0.2) is 30.3 Å². The van der Waals surface area contributed by atoms with Gasteiger partial charge in [0.05, 0.1) is 6.54 Å². The summed E-state index contributed by atoms with van der Waals surface area (Å²) in [5, 5.41) is 0. The lowest BCUT2D eigenvalue weighted by Gasteiger charge is -2.36. The Bertz CT molecular complexity index is 674. The number of hydrogen-bond acceptors (Lipinski definition) is 3. The van der Waals surface area contributed by atoms with Crippen LogP contribution in [0, 0.1) is 13.8 Å². The predicted octanol–water partition coefficient (Wildman–Crippen LogP) is 4.39. The normalized spacial score (nSPS) is 17.7. The van der Waals surface area contributed by atoms with Crippen LogP contribution in [0.25, 0.3) is 0 Å². The number of nitrogens with zero attached hydrogens (tertiary/aromatic N) is 1. The van der Waals surface area contributed by atoms with E-state index in [0.29, 0.717) is 12.6 Å². The van der Waals surface area contributed by atoms with Crippen LogP contribution in [0.5, 0.6) is 0 Å². The average Bonchev–Trinajstić information content (AvgIpc) is 2.81. The van der Waals surface area contributed by atoms with Crippen LogP contribution < -0.4 is 4.90 Å². The molecule has 0 fully saturated rings. The van der Waals surface area contributed by atoms with Gasteiger partial charge >= 0.3 is 0 Å². The zero-order chi connectivity index (χ0) is 15.0. The van der Waals surface area contributed by atoms with Crippen LogP contribution in [-0.4, -0.2) is 18.4 Å². The fraction of sp³-hybridized carbons (Fsp3) is 0.389. The molecule has 1 aromatic heterocycles. The third-order valence-corrected chi connectivity index (χ3v) is 5.29. The summed E-state index contributed by atoms with van der Waals surface area (Å²) in [4.78, 5) is 17.3. The summed E-state index contributed by atoms with van der Waals surface area (Å²) < 4.78 is 0. The first-order valence-electron chi connectivity index (χ1n) is 7.51. The summed E-state index contributed by atoms with van der Waals surface area (Å²) in [6.45, 7) is 6.80. The Kier molecular flexibility index (Phi) is 3.85. The van der Waals surface area contributed by atoms with Gasteiger partial charge in [0.25, 0.3) is 0 Å². The molecule has 1 aliphatic rings. The molecule has 110 valence electrons. The van der Waals surface area contributed by atoms with Crippen molar-refractivity contribution in [2.45, 2.75) is 39.7 Å². The number of benzene rings is 1. The highest BCUT2D eigenvalue weighted by molar-refractivity contribution is 7.12. The molecule has 0 saturated heterocycles. The number of anilines is 1. The SMILES string of the molecule is Cc1cc(C(=O)CN2c3ccccc3CCC2C)c(C)s1. The van der Waals surface area contributed by atoms with E-state index >= 15 is 0 Å². The molecule has 1 aliphatic heterocycles. The summed E-state index contributed by atoms with van der Waals surface area (Å²) in [5.74, 6) is 0.236. The van der Waals surface area contributed by atoms with E-state index in [1.807, 2.05) is 13.0 Å². The number of para-hydroxylation sites is 1. The molecule has 0 N–H and O–H groups in total. The Morgan fingerprint density at radius 1 is 1.33 bits per heavy atom. The van der Waals surface area contributed by atoms with Crippen molar-refractivity contribution in [3.8, 4) is 0 Å². The van der Waals surface area contributed by atoms with Gasteiger partial charge in [0.15, 0.2) is 5.78 Å². The van der Waals surface area contributed by atoms with Crippen molar-refractivity contribution in [3.05, 3.63) is 51.2 Å². The molecule has 3 rings (SSSR count). The van der Waals surface area contributed by atoms with Gasteiger partial charge in [-0.3, -0.25) is 4.79 Å². The van der Waals surface area contributed by atoms with Crippen LogP contribution in [0.4, 0.5) is 5.69 Å². The van der Waals surface area contributed by atoms with E-state index in [-0.39, 0.29) is 5.78 Å². The quantitative estimate of drug-likeness (QED) is 0.783. The molecule has 0 aliphatic carbocycles. The number of carbonyl (C=O) groups is 1. The molecule has 1 atom stereocenters. The van der Waals surface area contributed by atoms with E-state index in [9.17, 15) is 4.79 Å². The minimum atomic E-state index is 0.236. The van der Waals surface area contributed by atoms with Crippen molar-refractivity contribution in [3.63, 3.8) is 0 Å². The summed E-state index contributed by atoms with van der Waals surface area (Å²) >= 11 is 1.71. The van der Waals surface area contributed by atoms with Crippen LogP contribution in [0.2, 0.25) is 0 Å². The maximum absolute atomic E-state index is 12.7. The van der Waals surface area contributed by atoms with Crippen molar-refractivity contribution in [1.82, 2.24) is 0 Å². The van der Waals surface area contributed by atoms with Gasteiger partial charge in [-0.2, -0.15) is 0 Å². The first-order chi connectivity index (χ1) is 10.1. The molecule has 2 nitrogen and oxygen atoms in total. The topological polar surface area (TPSA) is 20.3 Å². The summed E-state index contributed by atoms with van der Waals surface area (Å²) in [7, 11) is 0. The Labute approximate surface area is 130 Å². The minimum Gasteiger partial charge on any atom is -0.361 e. The molecule has 21 heavy (non-hydrogen) atoms. The Morgan fingerprint density at radius 3 is 2.81 bits per heavy atom. The van der Waals surface area contributed by atoms with E-state index in [0.717, 1.165) is 23.3 Å². The number of aryl methyl sites for hydroxylation is 3. The Hall–Kier alpha value is -1.61. The summed E-state index contributed by atoms with van der Waals surface area (Å²) in [6, 6.07) is 10.9. The van der Waals surface area contributed by atoms with Crippen LogP contribution >= 0.6 is 11.3 Å². The van der Waals surface area contributed by atoms with Gasteiger partial charge in [0, 0.05) is 27.0 Å². The van der Waals surface area contributed by atoms with Gasteiger partial charge in [-0.05, 0) is 51.3 Å². The number of ketones is 1. The Balaban J connectivity index is 1.87. The summed E-state index contributed by atoms with van der Waals surface area (Å²) in [6.07, 6.45) is 2.23. The number of thiophene rings is 1. The zero-order valence-corrected chi connectivity index (χ0v) is 13.7. The predicted molar refractivity (Wildman–Crippen MR) is 89.7 cm³/mol. The first kappa shape index (κ1) is 14.3. The molecule has 0 saturated carbocycles. The molecule has 1 aromatic carbocycles. The number of hydrogen-bond donors (Lipinski definition) is 0. The maximum atomic E-state index is 12.7. The van der Waals surface area contributed by atoms with Crippen molar-refractivity contribution in [2.24, 2.45) is 0 Å². The van der Waals surface area contributed by atoms with Crippen molar-refractivity contribution in [2.75, 3.05) is 11.4 Å². The van der Waals surface area contributed by atoms with Gasteiger partial charge in [0.1, 0.15) is 0 Å².